The zero-order valence-corrected chi connectivity index (χ0v) is 10.3. The Morgan fingerprint density at radius 1 is 1.39 bits per heavy atom. The lowest BCUT2D eigenvalue weighted by atomic mass is 10.2. The summed E-state index contributed by atoms with van der Waals surface area (Å²) in [7, 11) is 0. The molecule has 0 spiro atoms. The van der Waals surface area contributed by atoms with Crippen LogP contribution >= 0.6 is 0 Å². The van der Waals surface area contributed by atoms with Gasteiger partial charge in [0.25, 0.3) is 0 Å². The number of ether oxygens (including phenoxy) is 1. The van der Waals surface area contributed by atoms with E-state index < -0.39 is 0 Å². The van der Waals surface area contributed by atoms with E-state index in [-0.39, 0.29) is 6.10 Å². The predicted molar refractivity (Wildman–Crippen MR) is 67.7 cm³/mol. The fourth-order valence-electron chi connectivity index (χ4n) is 2.21. The summed E-state index contributed by atoms with van der Waals surface area (Å²) in [6.07, 6.45) is 7.40. The first-order valence-electron chi connectivity index (χ1n) is 6.12. The van der Waals surface area contributed by atoms with Gasteiger partial charge >= 0.3 is 0 Å². The molecule has 0 radical (unpaired) electrons. The van der Waals surface area contributed by atoms with Gasteiger partial charge in [0, 0.05) is 19.3 Å². The quantitative estimate of drug-likeness (QED) is 0.863. The van der Waals surface area contributed by atoms with E-state index in [0.29, 0.717) is 0 Å². The topological polar surface area (TPSA) is 52.0 Å². The van der Waals surface area contributed by atoms with E-state index in [1.54, 1.807) is 6.20 Å². The van der Waals surface area contributed by atoms with Crippen molar-refractivity contribution in [1.82, 2.24) is 19.9 Å². The van der Waals surface area contributed by atoms with Crippen LogP contribution in [0, 0.1) is 6.92 Å². The molecule has 0 amide bonds. The highest BCUT2D eigenvalue weighted by atomic mass is 16.5. The molecule has 5 nitrogen and oxygen atoms in total. The number of nitrogens with zero attached hydrogens (tertiary/aromatic N) is 3. The Morgan fingerprint density at radius 3 is 3.11 bits per heavy atom. The van der Waals surface area contributed by atoms with Crippen molar-refractivity contribution < 1.29 is 4.74 Å². The highest BCUT2D eigenvalue weighted by Gasteiger charge is 2.20. The van der Waals surface area contributed by atoms with Crippen molar-refractivity contribution in [2.75, 3.05) is 19.7 Å². The largest absolute Gasteiger partial charge is 0.369 e. The minimum Gasteiger partial charge on any atom is -0.369 e. The van der Waals surface area contributed by atoms with Crippen molar-refractivity contribution >= 4 is 0 Å². The van der Waals surface area contributed by atoms with Crippen molar-refractivity contribution in [1.29, 1.82) is 0 Å². The smallest absolute Gasteiger partial charge is 0.112 e. The van der Waals surface area contributed by atoms with Crippen LogP contribution < -0.4 is 5.32 Å². The average molecular weight is 244 g/mol. The number of aryl methyl sites for hydroxylation is 1. The Labute approximate surface area is 106 Å². The van der Waals surface area contributed by atoms with Crippen LogP contribution in [-0.2, 0) is 4.74 Å². The van der Waals surface area contributed by atoms with Gasteiger partial charge in [-0.25, -0.2) is 4.98 Å². The van der Waals surface area contributed by atoms with Crippen molar-refractivity contribution in [3.63, 3.8) is 0 Å². The highest BCUT2D eigenvalue weighted by molar-refractivity contribution is 5.39. The van der Waals surface area contributed by atoms with Gasteiger partial charge in [-0.15, -0.1) is 0 Å². The number of hydrogen-bond donors (Lipinski definition) is 1. The van der Waals surface area contributed by atoms with Gasteiger partial charge in [-0.1, -0.05) is 0 Å². The lowest BCUT2D eigenvalue weighted by molar-refractivity contribution is 0.0240. The number of imidazole rings is 1. The summed E-state index contributed by atoms with van der Waals surface area (Å²) in [5, 5.41) is 3.33. The molecular formula is C13H16N4O. The zero-order chi connectivity index (χ0) is 12.4. The average Bonchev–Trinajstić information content (AvgIpc) is 2.89. The summed E-state index contributed by atoms with van der Waals surface area (Å²) in [5.41, 5.74) is 3.30. The van der Waals surface area contributed by atoms with Crippen molar-refractivity contribution in [3.05, 3.63) is 42.2 Å². The van der Waals surface area contributed by atoms with Crippen LogP contribution in [0.2, 0.25) is 0 Å². The molecule has 1 atom stereocenters. The molecular weight excluding hydrogens is 228 g/mol. The molecule has 2 aromatic rings. The summed E-state index contributed by atoms with van der Waals surface area (Å²) in [6, 6.07) is 2.00. The van der Waals surface area contributed by atoms with Gasteiger partial charge in [-0.3, -0.25) is 9.55 Å². The third-order valence-corrected chi connectivity index (χ3v) is 3.20. The summed E-state index contributed by atoms with van der Waals surface area (Å²) >= 11 is 0. The highest BCUT2D eigenvalue weighted by Crippen LogP contribution is 2.22. The van der Waals surface area contributed by atoms with Crippen LogP contribution in [0.4, 0.5) is 0 Å². The summed E-state index contributed by atoms with van der Waals surface area (Å²) in [5.74, 6) is 0. The predicted octanol–water partition coefficient (Wildman–Crippen LogP) is 1.24. The summed E-state index contributed by atoms with van der Waals surface area (Å²) in [4.78, 5) is 8.42. The lowest BCUT2D eigenvalue weighted by Gasteiger charge is -2.24. The number of pyridine rings is 1. The molecule has 94 valence electrons. The molecule has 1 saturated heterocycles. The molecule has 1 aliphatic heterocycles. The molecule has 0 saturated carbocycles. The Bertz CT molecular complexity index is 531. The molecule has 1 unspecified atom stereocenters. The second-order valence-corrected chi connectivity index (χ2v) is 4.41. The van der Waals surface area contributed by atoms with Crippen molar-refractivity contribution in [2.24, 2.45) is 0 Å². The molecule has 1 fully saturated rings. The van der Waals surface area contributed by atoms with Crippen molar-refractivity contribution in [3.8, 4) is 5.69 Å². The first-order chi connectivity index (χ1) is 8.86. The van der Waals surface area contributed by atoms with Crippen LogP contribution in [0.5, 0.6) is 0 Å². The van der Waals surface area contributed by atoms with Gasteiger partial charge in [0.2, 0.25) is 0 Å². The van der Waals surface area contributed by atoms with Gasteiger partial charge in [0.05, 0.1) is 36.7 Å². The van der Waals surface area contributed by atoms with E-state index in [1.807, 2.05) is 24.8 Å². The van der Waals surface area contributed by atoms with Gasteiger partial charge < -0.3 is 10.1 Å². The monoisotopic (exact) mass is 244 g/mol. The van der Waals surface area contributed by atoms with E-state index in [4.69, 9.17) is 4.74 Å². The molecule has 3 heterocycles. The maximum Gasteiger partial charge on any atom is 0.112 e. The second kappa shape index (κ2) is 4.88. The summed E-state index contributed by atoms with van der Waals surface area (Å²) < 4.78 is 7.84. The van der Waals surface area contributed by atoms with Gasteiger partial charge in [0.15, 0.2) is 0 Å². The third kappa shape index (κ3) is 2.02. The molecule has 3 rings (SSSR count). The van der Waals surface area contributed by atoms with Crippen LogP contribution in [-0.4, -0.2) is 34.2 Å². The fourth-order valence-corrected chi connectivity index (χ4v) is 2.21. The van der Waals surface area contributed by atoms with Crippen LogP contribution in [0.15, 0.2) is 31.0 Å². The van der Waals surface area contributed by atoms with Crippen LogP contribution in [0.25, 0.3) is 5.69 Å². The molecule has 0 bridgehead atoms. The minimum atomic E-state index is 0.0563. The maximum absolute atomic E-state index is 5.78. The molecule has 0 aromatic carbocycles. The maximum atomic E-state index is 5.78. The number of nitrogens with one attached hydrogen (secondary N) is 1. The zero-order valence-electron chi connectivity index (χ0n) is 10.3. The molecule has 0 aliphatic carbocycles. The first-order valence-corrected chi connectivity index (χ1v) is 6.12. The Balaban J connectivity index is 1.98. The van der Waals surface area contributed by atoms with Crippen molar-refractivity contribution in [2.45, 2.75) is 13.0 Å². The normalized spacial score (nSPS) is 19.9. The van der Waals surface area contributed by atoms with Crippen LogP contribution in [0.3, 0.4) is 0 Å². The van der Waals surface area contributed by atoms with Gasteiger partial charge in [0.1, 0.15) is 6.10 Å². The van der Waals surface area contributed by atoms with E-state index in [9.17, 15) is 0 Å². The number of rotatable bonds is 2. The number of hydrogen-bond acceptors (Lipinski definition) is 4. The number of aromatic nitrogens is 3. The Hall–Kier alpha value is -1.72. The standard InChI is InChI=1S/C13H16N4O/c1-10-2-3-14-6-11(10)17-9-16-7-12(17)13-8-15-4-5-18-13/h2-3,6-7,9,13,15H,4-5,8H2,1H3. The molecule has 1 aliphatic rings. The lowest BCUT2D eigenvalue weighted by Crippen LogP contribution is -2.34. The molecule has 2 aromatic heterocycles. The third-order valence-electron chi connectivity index (χ3n) is 3.20. The summed E-state index contributed by atoms with van der Waals surface area (Å²) in [6.45, 7) is 4.55. The fraction of sp³-hybridized carbons (Fsp3) is 0.385. The van der Waals surface area contributed by atoms with E-state index >= 15 is 0 Å². The second-order valence-electron chi connectivity index (χ2n) is 4.41. The minimum absolute atomic E-state index is 0.0563. The van der Waals surface area contributed by atoms with E-state index in [1.165, 1.54) is 5.56 Å². The van der Waals surface area contributed by atoms with Gasteiger partial charge in [-0.05, 0) is 18.6 Å². The SMILES string of the molecule is Cc1ccncc1-n1cncc1C1CNCCO1. The Kier molecular flexibility index (Phi) is 3.08. The first kappa shape index (κ1) is 11.4. The van der Waals surface area contributed by atoms with Gasteiger partial charge in [-0.2, -0.15) is 0 Å². The molecule has 18 heavy (non-hydrogen) atoms. The molecule has 5 heteroatoms. The Morgan fingerprint density at radius 2 is 2.33 bits per heavy atom. The van der Waals surface area contributed by atoms with Crippen LogP contribution in [0.1, 0.15) is 17.4 Å². The molecule has 1 N–H and O–H groups in total. The van der Waals surface area contributed by atoms with E-state index in [0.717, 1.165) is 31.1 Å². The van der Waals surface area contributed by atoms with E-state index in [2.05, 4.69) is 26.8 Å². The number of morpholine rings is 1.